The van der Waals surface area contributed by atoms with Crippen molar-refractivity contribution in [3.63, 3.8) is 0 Å². The molecule has 16 heterocycles. The van der Waals surface area contributed by atoms with E-state index in [4.69, 9.17) is 18.2 Å². The van der Waals surface area contributed by atoms with Crippen molar-refractivity contribution < 1.29 is 36.3 Å². The van der Waals surface area contributed by atoms with E-state index in [0.717, 1.165) is 91.6 Å². The number of anilines is 2. The summed E-state index contributed by atoms with van der Waals surface area (Å²) in [6.07, 6.45) is 29.4. The maximum Gasteiger partial charge on any atom is 0.362 e. The van der Waals surface area contributed by atoms with Gasteiger partial charge in [-0.05, 0) is 84.2 Å². The zero-order chi connectivity index (χ0) is 75.3. The molecule has 2 atom stereocenters. The average Bonchev–Trinajstić information content (AvgIpc) is 1.59. The Morgan fingerprint density at radius 1 is 0.400 bits per heavy atom. The lowest BCUT2D eigenvalue weighted by atomic mass is 10.3. The molecule has 0 fully saturated rings. The summed E-state index contributed by atoms with van der Waals surface area (Å²) in [5, 5.41) is 0. The van der Waals surface area contributed by atoms with Gasteiger partial charge in [-0.15, -0.1) is 23.4 Å². The number of imidazole rings is 8. The van der Waals surface area contributed by atoms with Crippen LogP contribution in [0.1, 0.15) is 56.2 Å². The highest BCUT2D eigenvalue weighted by atomic mass is 15.5. The van der Waals surface area contributed by atoms with Gasteiger partial charge < -0.3 is 14.7 Å². The first-order chi connectivity index (χ1) is 50.4. The average molecular weight is 1350 g/mol. The summed E-state index contributed by atoms with van der Waals surface area (Å²) in [5.41, 5.74) is 7.75. The second kappa shape index (κ2) is 23.9. The van der Waals surface area contributed by atoms with Crippen molar-refractivity contribution in [1.29, 1.82) is 0 Å². The van der Waals surface area contributed by atoms with Crippen LogP contribution in [0.4, 0.5) is 11.6 Å². The molecule has 28 nitrogen and oxygen atoms in total. The Labute approximate surface area is 587 Å². The van der Waals surface area contributed by atoms with Gasteiger partial charge >= 0.3 is 34.8 Å². The number of hydrogen-bond donors (Lipinski definition) is 0. The lowest BCUT2D eigenvalue weighted by Gasteiger charge is -2.26. The minimum atomic E-state index is -2.23. The molecule has 100 heavy (non-hydrogen) atoms. The molecule has 0 amide bonds. The first-order valence-corrected chi connectivity index (χ1v) is 33.1. The fourth-order valence-electron chi connectivity index (χ4n) is 14.3. The van der Waals surface area contributed by atoms with E-state index in [1.165, 1.54) is 0 Å². The molecule has 28 heteroatoms. The van der Waals surface area contributed by atoms with Crippen LogP contribution in [0.3, 0.4) is 0 Å². The first-order valence-electron chi connectivity index (χ1n) is 36.1. The second-order valence-electron chi connectivity index (χ2n) is 25.9. The van der Waals surface area contributed by atoms with Gasteiger partial charge in [-0.25, -0.2) is 14.9 Å². The number of benzene rings is 2. The van der Waals surface area contributed by atoms with Crippen LogP contribution < -0.4 is 37.9 Å². The Morgan fingerprint density at radius 3 is 1.29 bits per heavy atom. The number of rotatable bonds is 8. The van der Waals surface area contributed by atoms with Crippen LogP contribution in [-0.4, -0.2) is 120 Å². The standard InChI is InChI=1S/C19H22N7.C18H19N7.C18H26N7.C17H23N7/c1-14-21(2)11-12-24(14)17-9-10-26(23(17)4)18-13-25-16-8-6-5-7-15(16)20-19(25)22(18)3;1-20-10-6-11-24(20)16-9-12-25(22(16)3)17-13-23-15-8-5-4-7-14(15)19-18(23)21(17)2;1-12-13(2)25-14(3)17(21(6)18(25)19-12)24-9-8-16(22(24)7)23-11-10-20(5)15(23)4;1-12-13(2)24-14(3)16(20(5)17(24)18-12)23-11-8-15(21(23)6)22-10-7-9-19(22)4/h5-14H,1-4H3;4-13H,1-3H3;8-11,15H,1-7H3;7-11H,1-6H3/q+1;+2;+1;+2/t14-;;15-;/m0.0./s1/i;;2*1D3. The van der Waals surface area contributed by atoms with E-state index in [2.05, 4.69) is 215 Å². The third-order valence-electron chi connectivity index (χ3n) is 20.3. The number of aryl methyl sites for hydroxylation is 12. The van der Waals surface area contributed by atoms with E-state index in [9.17, 15) is 0 Å². The Kier molecular flexibility index (Phi) is 13.6. The Balaban J connectivity index is 0.000000113. The van der Waals surface area contributed by atoms with Gasteiger partial charge in [-0.3, -0.25) is 26.7 Å². The van der Waals surface area contributed by atoms with Crippen LogP contribution in [0, 0.1) is 41.4 Å². The number of fused-ring (bicyclic) bond motifs is 8. The van der Waals surface area contributed by atoms with E-state index < -0.39 is 13.7 Å². The van der Waals surface area contributed by atoms with Gasteiger partial charge in [0.1, 0.15) is 50.2 Å². The molecular formula is C72H90N28+6. The summed E-state index contributed by atoms with van der Waals surface area (Å²) in [4.78, 5) is 27.2. The van der Waals surface area contributed by atoms with Crippen LogP contribution in [-0.2, 0) is 70.5 Å². The first kappa shape index (κ1) is 57.0. The summed E-state index contributed by atoms with van der Waals surface area (Å²) in [6.45, 7) is 7.49. The molecule has 2 aliphatic heterocycles. The molecule has 0 spiro atoms. The van der Waals surface area contributed by atoms with E-state index >= 15 is 0 Å². The summed E-state index contributed by atoms with van der Waals surface area (Å²) in [6, 6.07) is 28.8. The van der Waals surface area contributed by atoms with Crippen molar-refractivity contribution in [3.05, 3.63) is 206 Å². The molecule has 0 N–H and O–H groups in total. The molecule has 16 aromatic rings. The van der Waals surface area contributed by atoms with Gasteiger partial charge in [0.15, 0.2) is 50.1 Å². The quantitative estimate of drug-likeness (QED) is 0.176. The summed E-state index contributed by atoms with van der Waals surface area (Å²) < 4.78 is 87.5. The molecule has 0 saturated heterocycles. The van der Waals surface area contributed by atoms with E-state index in [1.54, 1.807) is 6.92 Å². The third kappa shape index (κ3) is 9.76. The highest BCUT2D eigenvalue weighted by molar-refractivity contribution is 5.81. The van der Waals surface area contributed by atoms with Crippen molar-refractivity contribution in [2.45, 2.75) is 67.6 Å². The molecular weight excluding hydrogens is 1260 g/mol. The number of nitrogens with zero attached hydrogens (tertiary/aromatic N) is 28. The van der Waals surface area contributed by atoms with Crippen molar-refractivity contribution in [1.82, 2.24) is 93.7 Å². The second-order valence-corrected chi connectivity index (χ2v) is 25.9. The van der Waals surface area contributed by atoms with Crippen molar-refractivity contribution in [2.75, 3.05) is 23.9 Å². The summed E-state index contributed by atoms with van der Waals surface area (Å²) in [5.74, 6) is 11.4. The fraction of sp³-hybridized carbons (Fsp3) is 0.306. The van der Waals surface area contributed by atoms with Crippen molar-refractivity contribution >= 4 is 56.8 Å². The predicted molar refractivity (Wildman–Crippen MR) is 381 cm³/mol. The Bertz CT molecular complexity index is 6150. The molecule has 2 aliphatic rings. The van der Waals surface area contributed by atoms with E-state index in [1.807, 2.05) is 197 Å². The molecule has 0 radical (unpaired) electrons. The maximum absolute atomic E-state index is 7.73. The third-order valence-corrected chi connectivity index (χ3v) is 20.3. The Hall–Kier alpha value is -12.1. The zero-order valence-electron chi connectivity index (χ0n) is 65.8. The summed E-state index contributed by atoms with van der Waals surface area (Å²) >= 11 is 0. The van der Waals surface area contributed by atoms with Gasteiger partial charge in [0, 0.05) is 96.3 Å². The smallest absolute Gasteiger partial charge is 0.359 e. The maximum atomic E-state index is 7.73. The van der Waals surface area contributed by atoms with Crippen LogP contribution >= 0.6 is 0 Å². The van der Waals surface area contributed by atoms with Crippen LogP contribution in [0.15, 0.2) is 172 Å². The van der Waals surface area contributed by atoms with Crippen LogP contribution in [0.2, 0.25) is 0 Å². The highest BCUT2D eigenvalue weighted by Crippen LogP contribution is 2.28. The minimum absolute atomic E-state index is 0.152. The number of hydrogen-bond acceptors (Lipinski definition) is 8. The molecule has 0 unspecified atom stereocenters. The molecule has 0 bridgehead atoms. The Morgan fingerprint density at radius 2 is 0.840 bits per heavy atom. The topological polar surface area (TPSA) is 155 Å². The molecule has 18 rings (SSSR count). The highest BCUT2D eigenvalue weighted by Gasteiger charge is 2.34. The molecule has 2 aromatic carbocycles. The summed E-state index contributed by atoms with van der Waals surface area (Å²) in [7, 11) is 24.2. The largest absolute Gasteiger partial charge is 0.362 e. The number of aromatic nitrogens is 24. The normalized spacial score (nSPS) is 15.8. The van der Waals surface area contributed by atoms with Gasteiger partial charge in [-0.1, -0.05) is 24.3 Å². The number of para-hydroxylation sites is 4. The predicted octanol–water partition coefficient (Wildman–Crippen LogP) is 5.68. The van der Waals surface area contributed by atoms with Crippen LogP contribution in [0.5, 0.6) is 0 Å². The van der Waals surface area contributed by atoms with Gasteiger partial charge in [0.05, 0.1) is 104 Å². The SMILES string of the molecule is C[C@H]1N(C)C=CN1c1ccn(-c2cn3c4ccccc4nc3n2C)[n+]1C.Cn1c(-n2ccc(-n3ccc[n+]3C)[n+]2C)cn2c3ccccc3nc12.[2H]C([2H])([2H])c1nc2n(C)c(-[n+]3ccc(-n4ccc[n+]4C)n3C)c(C)n2c1C.[2H]C([2H])([2H])c1nc2n(C)c(-[n+]3ccc(N4C=CN(C)[C@@H]4C)n3C)c(C)n2c1C. The van der Waals surface area contributed by atoms with Gasteiger partial charge in [0.2, 0.25) is 23.6 Å². The fourth-order valence-corrected chi connectivity index (χ4v) is 14.3. The lowest BCUT2D eigenvalue weighted by Crippen LogP contribution is -2.47. The van der Waals surface area contributed by atoms with Crippen molar-refractivity contribution in [2.24, 2.45) is 70.5 Å². The molecule has 0 aliphatic carbocycles. The van der Waals surface area contributed by atoms with Gasteiger partial charge in [-0.2, -0.15) is 42.5 Å². The monoisotopic (exact) mass is 1350 g/mol. The zero-order valence-corrected chi connectivity index (χ0v) is 59.8. The van der Waals surface area contributed by atoms with Crippen LogP contribution in [0.25, 0.3) is 80.1 Å². The molecule has 14 aromatic heterocycles. The molecule has 0 saturated carbocycles. The van der Waals surface area contributed by atoms with Gasteiger partial charge in [0.25, 0.3) is 0 Å². The van der Waals surface area contributed by atoms with E-state index in [-0.39, 0.29) is 17.6 Å². The minimum Gasteiger partial charge on any atom is -0.359 e. The van der Waals surface area contributed by atoms with E-state index in [0.29, 0.717) is 29.1 Å². The molecule has 512 valence electrons. The lowest BCUT2D eigenvalue weighted by molar-refractivity contribution is -0.785. The van der Waals surface area contributed by atoms with Crippen molar-refractivity contribution in [3.8, 4) is 34.9 Å².